The SMILES string of the molecule is CN1CCC(Oc2ccccc2C(=O)NC2CC2)CC1. The zero-order chi connectivity index (χ0) is 13.9. The number of nitrogens with zero attached hydrogens (tertiary/aromatic N) is 1. The molecule has 3 rings (SSSR count). The quantitative estimate of drug-likeness (QED) is 0.913. The van der Waals surface area contributed by atoms with Crippen molar-refractivity contribution in [2.24, 2.45) is 0 Å². The number of nitrogens with one attached hydrogen (secondary N) is 1. The number of hydrogen-bond donors (Lipinski definition) is 1. The van der Waals surface area contributed by atoms with Crippen molar-refractivity contribution < 1.29 is 9.53 Å². The highest BCUT2D eigenvalue weighted by molar-refractivity contribution is 5.97. The Balaban J connectivity index is 1.67. The first-order valence-corrected chi connectivity index (χ1v) is 7.47. The van der Waals surface area contributed by atoms with Gasteiger partial charge in [-0.05, 0) is 44.9 Å². The fourth-order valence-corrected chi connectivity index (χ4v) is 2.53. The molecule has 1 amide bonds. The highest BCUT2D eigenvalue weighted by atomic mass is 16.5. The summed E-state index contributed by atoms with van der Waals surface area (Å²) in [5, 5.41) is 3.03. The lowest BCUT2D eigenvalue weighted by atomic mass is 10.1. The summed E-state index contributed by atoms with van der Waals surface area (Å²) in [6.07, 6.45) is 4.47. The molecule has 1 aromatic carbocycles. The lowest BCUT2D eigenvalue weighted by Crippen LogP contribution is -2.36. The summed E-state index contributed by atoms with van der Waals surface area (Å²) in [5.41, 5.74) is 0.665. The summed E-state index contributed by atoms with van der Waals surface area (Å²) in [7, 11) is 2.13. The molecule has 1 aliphatic carbocycles. The molecule has 0 unspecified atom stereocenters. The highest BCUT2D eigenvalue weighted by Gasteiger charge is 2.26. The maximum absolute atomic E-state index is 12.2. The van der Waals surface area contributed by atoms with Gasteiger partial charge in [0.1, 0.15) is 11.9 Å². The second kappa shape index (κ2) is 5.83. The predicted molar refractivity (Wildman–Crippen MR) is 78.1 cm³/mol. The highest BCUT2D eigenvalue weighted by Crippen LogP contribution is 2.25. The molecule has 2 aliphatic rings. The Hall–Kier alpha value is -1.55. The van der Waals surface area contributed by atoms with Crippen LogP contribution in [0.4, 0.5) is 0 Å². The van der Waals surface area contributed by atoms with Gasteiger partial charge in [0.05, 0.1) is 5.56 Å². The Bertz CT molecular complexity index is 477. The predicted octanol–water partition coefficient (Wildman–Crippen LogP) is 2.05. The summed E-state index contributed by atoms with van der Waals surface area (Å²) in [5.74, 6) is 0.719. The van der Waals surface area contributed by atoms with Gasteiger partial charge in [0.2, 0.25) is 0 Å². The number of carbonyl (C=O) groups is 1. The van der Waals surface area contributed by atoms with E-state index in [9.17, 15) is 4.79 Å². The number of hydrogen-bond acceptors (Lipinski definition) is 3. The topological polar surface area (TPSA) is 41.6 Å². The van der Waals surface area contributed by atoms with Gasteiger partial charge in [-0.15, -0.1) is 0 Å². The van der Waals surface area contributed by atoms with Gasteiger partial charge in [0.25, 0.3) is 5.91 Å². The molecule has 20 heavy (non-hydrogen) atoms. The summed E-state index contributed by atoms with van der Waals surface area (Å²) >= 11 is 0. The molecule has 2 fully saturated rings. The third-order valence-corrected chi connectivity index (χ3v) is 4.00. The number of ether oxygens (including phenoxy) is 1. The lowest BCUT2D eigenvalue weighted by Gasteiger charge is -2.29. The molecule has 1 aromatic rings. The third kappa shape index (κ3) is 3.31. The monoisotopic (exact) mass is 274 g/mol. The molecule has 1 heterocycles. The van der Waals surface area contributed by atoms with Crippen molar-refractivity contribution in [3.05, 3.63) is 29.8 Å². The molecule has 1 saturated heterocycles. The van der Waals surface area contributed by atoms with Gasteiger partial charge < -0.3 is 15.0 Å². The third-order valence-electron chi connectivity index (χ3n) is 4.00. The van der Waals surface area contributed by atoms with Gasteiger partial charge in [0.15, 0.2) is 0 Å². The van der Waals surface area contributed by atoms with Crippen LogP contribution in [0.25, 0.3) is 0 Å². The maximum Gasteiger partial charge on any atom is 0.255 e. The van der Waals surface area contributed by atoms with Gasteiger partial charge >= 0.3 is 0 Å². The van der Waals surface area contributed by atoms with Crippen molar-refractivity contribution in [1.82, 2.24) is 10.2 Å². The minimum atomic E-state index is -0.00368. The number of benzene rings is 1. The zero-order valence-corrected chi connectivity index (χ0v) is 12.0. The van der Waals surface area contributed by atoms with Crippen molar-refractivity contribution in [2.75, 3.05) is 20.1 Å². The van der Waals surface area contributed by atoms with E-state index in [1.165, 1.54) is 0 Å². The minimum Gasteiger partial charge on any atom is -0.489 e. The fourth-order valence-electron chi connectivity index (χ4n) is 2.53. The molecule has 0 bridgehead atoms. The average molecular weight is 274 g/mol. The summed E-state index contributed by atoms with van der Waals surface area (Å²) < 4.78 is 6.07. The molecular weight excluding hydrogens is 252 g/mol. The Labute approximate surface area is 120 Å². The van der Waals surface area contributed by atoms with Crippen LogP contribution in [0.2, 0.25) is 0 Å². The molecule has 4 nitrogen and oxygen atoms in total. The van der Waals surface area contributed by atoms with Gasteiger partial charge in [-0.2, -0.15) is 0 Å². The van der Waals surface area contributed by atoms with Crippen LogP contribution < -0.4 is 10.1 Å². The van der Waals surface area contributed by atoms with E-state index in [4.69, 9.17) is 4.74 Å². The molecule has 0 radical (unpaired) electrons. The lowest BCUT2D eigenvalue weighted by molar-refractivity contribution is 0.0925. The molecule has 0 aromatic heterocycles. The van der Waals surface area contributed by atoms with E-state index in [2.05, 4.69) is 17.3 Å². The van der Waals surface area contributed by atoms with Crippen molar-refractivity contribution in [2.45, 2.75) is 37.8 Å². The van der Waals surface area contributed by atoms with Crippen LogP contribution in [-0.4, -0.2) is 43.1 Å². The normalized spacial score (nSPS) is 20.6. The molecule has 4 heteroatoms. The largest absolute Gasteiger partial charge is 0.489 e. The van der Waals surface area contributed by atoms with Crippen molar-refractivity contribution >= 4 is 5.91 Å². The number of rotatable bonds is 4. The average Bonchev–Trinajstić information content (AvgIpc) is 3.26. The second-order valence-electron chi connectivity index (χ2n) is 5.86. The fraction of sp³-hybridized carbons (Fsp3) is 0.562. The van der Waals surface area contributed by atoms with E-state index in [0.29, 0.717) is 11.6 Å². The summed E-state index contributed by atoms with van der Waals surface area (Å²) in [4.78, 5) is 14.5. The van der Waals surface area contributed by atoms with E-state index < -0.39 is 0 Å². The Morgan fingerprint density at radius 1 is 1.20 bits per heavy atom. The molecule has 1 saturated carbocycles. The van der Waals surface area contributed by atoms with Crippen molar-refractivity contribution in [1.29, 1.82) is 0 Å². The standard InChI is InChI=1S/C16H22N2O2/c1-18-10-8-13(9-11-18)20-15-5-3-2-4-14(15)16(19)17-12-6-7-12/h2-5,12-13H,6-11H2,1H3,(H,17,19). The van der Waals surface area contributed by atoms with Crippen LogP contribution in [-0.2, 0) is 0 Å². The van der Waals surface area contributed by atoms with Crippen LogP contribution in [0.1, 0.15) is 36.0 Å². The van der Waals surface area contributed by atoms with Crippen molar-refractivity contribution in [3.8, 4) is 5.75 Å². The van der Waals surface area contributed by atoms with Crippen LogP contribution >= 0.6 is 0 Å². The molecule has 0 spiro atoms. The smallest absolute Gasteiger partial charge is 0.255 e. The zero-order valence-electron chi connectivity index (χ0n) is 12.0. The van der Waals surface area contributed by atoms with Crippen LogP contribution in [0.5, 0.6) is 5.75 Å². The summed E-state index contributed by atoms with van der Waals surface area (Å²) in [6.45, 7) is 2.11. The van der Waals surface area contributed by atoms with Gasteiger partial charge in [0, 0.05) is 19.1 Å². The number of piperidine rings is 1. The Morgan fingerprint density at radius 2 is 1.90 bits per heavy atom. The maximum atomic E-state index is 12.2. The Morgan fingerprint density at radius 3 is 2.60 bits per heavy atom. The molecule has 0 atom stereocenters. The molecule has 108 valence electrons. The first kappa shape index (κ1) is 13.4. The molecule has 1 N–H and O–H groups in total. The number of amides is 1. The van der Waals surface area contributed by atoms with Crippen molar-refractivity contribution in [3.63, 3.8) is 0 Å². The van der Waals surface area contributed by atoms with Gasteiger partial charge in [-0.25, -0.2) is 0 Å². The summed E-state index contributed by atoms with van der Waals surface area (Å²) in [6, 6.07) is 7.95. The van der Waals surface area contributed by atoms with E-state index in [1.807, 2.05) is 24.3 Å². The van der Waals surface area contributed by atoms with Crippen LogP contribution in [0.15, 0.2) is 24.3 Å². The van der Waals surface area contributed by atoms with E-state index in [1.54, 1.807) is 0 Å². The molecule has 1 aliphatic heterocycles. The minimum absolute atomic E-state index is 0.00368. The second-order valence-corrected chi connectivity index (χ2v) is 5.86. The van der Waals surface area contributed by atoms with E-state index in [0.717, 1.165) is 44.5 Å². The molecular formula is C16H22N2O2. The first-order chi connectivity index (χ1) is 9.72. The number of carbonyl (C=O) groups excluding carboxylic acids is 1. The van der Waals surface area contributed by atoms with Gasteiger partial charge in [-0.3, -0.25) is 4.79 Å². The van der Waals surface area contributed by atoms with Crippen LogP contribution in [0.3, 0.4) is 0 Å². The number of likely N-dealkylation sites (tertiary alicyclic amines) is 1. The van der Waals surface area contributed by atoms with Gasteiger partial charge in [-0.1, -0.05) is 12.1 Å². The van der Waals surface area contributed by atoms with Crippen LogP contribution in [0, 0.1) is 0 Å². The van der Waals surface area contributed by atoms with E-state index >= 15 is 0 Å². The Kier molecular flexibility index (Phi) is 3.92. The first-order valence-electron chi connectivity index (χ1n) is 7.47. The van der Waals surface area contributed by atoms with E-state index in [-0.39, 0.29) is 12.0 Å². The number of para-hydroxylation sites is 1.